The van der Waals surface area contributed by atoms with E-state index in [1.807, 2.05) is 13.0 Å². The molecule has 0 bridgehead atoms. The molecule has 16 heavy (non-hydrogen) atoms. The van der Waals surface area contributed by atoms with E-state index < -0.39 is 0 Å². The summed E-state index contributed by atoms with van der Waals surface area (Å²) in [6.07, 6.45) is 23.0. The molecule has 90 valence electrons. The fourth-order valence-corrected chi connectivity index (χ4v) is 1.38. The zero-order valence-corrected chi connectivity index (χ0v) is 11.2. The molecule has 0 saturated heterocycles. The molecule has 0 atom stereocenters. The fourth-order valence-electron chi connectivity index (χ4n) is 1.20. The maximum Gasteiger partial charge on any atom is -0.00950 e. The Bertz CT molecular complexity index is 234. The van der Waals surface area contributed by atoms with Gasteiger partial charge in [0.25, 0.3) is 0 Å². The Kier molecular flexibility index (Phi) is 13.7. The third-order valence-corrected chi connectivity index (χ3v) is 2.41. The van der Waals surface area contributed by atoms with Crippen LogP contribution in [0.1, 0.15) is 39.0 Å². The summed E-state index contributed by atoms with van der Waals surface area (Å²) in [5.74, 6) is 0.979. The first-order chi connectivity index (χ1) is 7.91. The van der Waals surface area contributed by atoms with E-state index in [4.69, 9.17) is 0 Å². The van der Waals surface area contributed by atoms with Gasteiger partial charge in [0, 0.05) is 0 Å². The van der Waals surface area contributed by atoms with E-state index in [-0.39, 0.29) is 0 Å². The summed E-state index contributed by atoms with van der Waals surface area (Å²) >= 11 is 4.16. The minimum atomic E-state index is 0.979. The lowest BCUT2D eigenvalue weighted by Gasteiger charge is -1.89. The van der Waals surface area contributed by atoms with Crippen molar-refractivity contribution in [2.75, 3.05) is 5.75 Å². The molecule has 1 heteroatoms. The molecule has 0 aromatic heterocycles. The van der Waals surface area contributed by atoms with Crippen LogP contribution < -0.4 is 0 Å². The van der Waals surface area contributed by atoms with E-state index in [9.17, 15) is 0 Å². The summed E-state index contributed by atoms with van der Waals surface area (Å²) in [5, 5.41) is 0. The number of rotatable bonds is 9. The predicted octanol–water partition coefficient (Wildman–Crippen LogP) is 5.11. The van der Waals surface area contributed by atoms with Gasteiger partial charge in [-0.15, -0.1) is 0 Å². The minimum Gasteiger partial charge on any atom is -0.179 e. The molecule has 0 nitrogen and oxygen atoms in total. The molecule has 0 rings (SSSR count). The standard InChI is InChI=1S/C15H24S/c1-2-3-4-5-6-7-8-9-10-11-12-13-14-15-16/h2-5,9-12,16H,6-8,13-15H2,1H3. The van der Waals surface area contributed by atoms with Crippen LogP contribution in [0.25, 0.3) is 0 Å². The lowest BCUT2D eigenvalue weighted by atomic mass is 10.2. The third kappa shape index (κ3) is 13.3. The number of thiol groups is 1. The summed E-state index contributed by atoms with van der Waals surface area (Å²) in [6, 6.07) is 0. The topological polar surface area (TPSA) is 0 Å². The second-order valence-corrected chi connectivity index (χ2v) is 4.05. The van der Waals surface area contributed by atoms with Crippen molar-refractivity contribution in [3.63, 3.8) is 0 Å². The highest BCUT2D eigenvalue weighted by Gasteiger charge is 1.79. The van der Waals surface area contributed by atoms with Gasteiger partial charge in [-0.25, -0.2) is 0 Å². The fraction of sp³-hybridized carbons (Fsp3) is 0.467. The van der Waals surface area contributed by atoms with Gasteiger partial charge in [-0.05, 0) is 44.8 Å². The number of allylic oxidation sites excluding steroid dienone is 8. The quantitative estimate of drug-likeness (QED) is 0.321. The van der Waals surface area contributed by atoms with Crippen molar-refractivity contribution in [3.8, 4) is 0 Å². The zero-order valence-electron chi connectivity index (χ0n) is 10.3. The van der Waals surface area contributed by atoms with Gasteiger partial charge in [-0.2, -0.15) is 12.6 Å². The maximum atomic E-state index is 4.16. The van der Waals surface area contributed by atoms with Gasteiger partial charge in [0.1, 0.15) is 0 Å². The van der Waals surface area contributed by atoms with Crippen LogP contribution in [0.4, 0.5) is 0 Å². The molecule has 0 amide bonds. The van der Waals surface area contributed by atoms with Crippen molar-refractivity contribution in [2.24, 2.45) is 0 Å². The Morgan fingerprint density at radius 2 is 1.25 bits per heavy atom. The van der Waals surface area contributed by atoms with Crippen LogP contribution in [0.2, 0.25) is 0 Å². The Labute approximate surface area is 106 Å². The van der Waals surface area contributed by atoms with Crippen LogP contribution in [0.3, 0.4) is 0 Å². The third-order valence-electron chi connectivity index (χ3n) is 2.09. The molecule has 0 unspecified atom stereocenters. The van der Waals surface area contributed by atoms with Crippen molar-refractivity contribution in [2.45, 2.75) is 39.0 Å². The smallest absolute Gasteiger partial charge is 0.00950 e. The summed E-state index contributed by atoms with van der Waals surface area (Å²) in [6.45, 7) is 2.03. The van der Waals surface area contributed by atoms with Crippen molar-refractivity contribution in [1.82, 2.24) is 0 Å². The number of hydrogen-bond donors (Lipinski definition) is 1. The van der Waals surface area contributed by atoms with E-state index in [0.29, 0.717) is 0 Å². The van der Waals surface area contributed by atoms with E-state index in [0.717, 1.165) is 25.0 Å². The molecular formula is C15H24S. The Morgan fingerprint density at radius 1 is 0.750 bits per heavy atom. The normalized spacial score (nSPS) is 12.9. The molecule has 0 aromatic carbocycles. The zero-order chi connectivity index (χ0) is 11.9. The predicted molar refractivity (Wildman–Crippen MR) is 79.2 cm³/mol. The first-order valence-corrected chi connectivity index (χ1v) is 6.75. The van der Waals surface area contributed by atoms with E-state index >= 15 is 0 Å². The number of unbranched alkanes of at least 4 members (excludes halogenated alkanes) is 3. The highest BCUT2D eigenvalue weighted by atomic mass is 32.1. The summed E-state index contributed by atoms with van der Waals surface area (Å²) in [5.41, 5.74) is 0. The molecule has 0 fully saturated rings. The first kappa shape index (κ1) is 15.3. The molecule has 0 heterocycles. The van der Waals surface area contributed by atoms with Gasteiger partial charge in [-0.1, -0.05) is 48.6 Å². The minimum absolute atomic E-state index is 0.979. The Balaban J connectivity index is 3.30. The van der Waals surface area contributed by atoms with Crippen LogP contribution in [0, 0.1) is 0 Å². The van der Waals surface area contributed by atoms with Gasteiger partial charge in [0.15, 0.2) is 0 Å². The molecule has 0 radical (unpaired) electrons. The molecule has 0 aliphatic rings. The maximum absolute atomic E-state index is 4.16. The molecule has 0 aromatic rings. The van der Waals surface area contributed by atoms with E-state index in [1.54, 1.807) is 0 Å². The number of hydrogen-bond acceptors (Lipinski definition) is 1. The van der Waals surface area contributed by atoms with Gasteiger partial charge in [-0.3, -0.25) is 0 Å². The van der Waals surface area contributed by atoms with Crippen LogP contribution in [-0.4, -0.2) is 5.75 Å². The SMILES string of the molecule is CC=CC=CCCCC=CC=CCCCS. The monoisotopic (exact) mass is 236 g/mol. The van der Waals surface area contributed by atoms with E-state index in [1.165, 1.54) is 12.8 Å². The van der Waals surface area contributed by atoms with Crippen LogP contribution in [0.15, 0.2) is 48.6 Å². The van der Waals surface area contributed by atoms with Gasteiger partial charge in [0.05, 0.1) is 0 Å². The van der Waals surface area contributed by atoms with Gasteiger partial charge in [0.2, 0.25) is 0 Å². The summed E-state index contributed by atoms with van der Waals surface area (Å²) < 4.78 is 0. The largest absolute Gasteiger partial charge is 0.179 e. The highest BCUT2D eigenvalue weighted by Crippen LogP contribution is 1.99. The van der Waals surface area contributed by atoms with Crippen LogP contribution in [0.5, 0.6) is 0 Å². The van der Waals surface area contributed by atoms with E-state index in [2.05, 4.69) is 55.2 Å². The second kappa shape index (κ2) is 14.3. The lowest BCUT2D eigenvalue weighted by Crippen LogP contribution is -1.70. The molecule has 0 aliphatic carbocycles. The second-order valence-electron chi connectivity index (χ2n) is 3.61. The lowest BCUT2D eigenvalue weighted by molar-refractivity contribution is 0.868. The van der Waals surface area contributed by atoms with Gasteiger partial charge >= 0.3 is 0 Å². The molecule has 0 spiro atoms. The molecule has 0 N–H and O–H groups in total. The van der Waals surface area contributed by atoms with Crippen molar-refractivity contribution in [1.29, 1.82) is 0 Å². The average molecular weight is 236 g/mol. The van der Waals surface area contributed by atoms with Crippen LogP contribution in [-0.2, 0) is 0 Å². The van der Waals surface area contributed by atoms with Gasteiger partial charge < -0.3 is 0 Å². The molecular weight excluding hydrogens is 212 g/mol. The highest BCUT2D eigenvalue weighted by molar-refractivity contribution is 7.80. The first-order valence-electron chi connectivity index (χ1n) is 6.12. The summed E-state index contributed by atoms with van der Waals surface area (Å²) in [4.78, 5) is 0. The molecule has 0 saturated carbocycles. The van der Waals surface area contributed by atoms with Crippen molar-refractivity contribution in [3.05, 3.63) is 48.6 Å². The average Bonchev–Trinajstić information content (AvgIpc) is 2.31. The Morgan fingerprint density at radius 3 is 1.75 bits per heavy atom. The van der Waals surface area contributed by atoms with Crippen molar-refractivity contribution >= 4 is 12.6 Å². The van der Waals surface area contributed by atoms with Crippen LogP contribution >= 0.6 is 12.6 Å². The van der Waals surface area contributed by atoms with Crippen molar-refractivity contribution < 1.29 is 0 Å². The molecule has 0 aliphatic heterocycles. The summed E-state index contributed by atoms with van der Waals surface area (Å²) in [7, 11) is 0. The Hall–Kier alpha value is -0.690.